The molecule has 0 aliphatic carbocycles. The third kappa shape index (κ3) is 4.44. The van der Waals surface area contributed by atoms with Crippen LogP contribution < -0.4 is 5.32 Å². The summed E-state index contributed by atoms with van der Waals surface area (Å²) in [7, 11) is -3.07. The standard InChI is InChI=1S/C13H18Br2N2O2S/c1-20(18,19)17-6-2-3-10(9-17)8-16-13-5-4-11(14)7-12(13)15/h4-5,7,10,16H,2-3,6,8-9H2,1H3. The summed E-state index contributed by atoms with van der Waals surface area (Å²) >= 11 is 6.94. The van der Waals surface area contributed by atoms with Crippen LogP contribution in [0, 0.1) is 5.92 Å². The maximum Gasteiger partial charge on any atom is 0.211 e. The summed E-state index contributed by atoms with van der Waals surface area (Å²) in [5.74, 6) is 0.356. The third-order valence-electron chi connectivity index (χ3n) is 3.46. The van der Waals surface area contributed by atoms with Gasteiger partial charge in [0, 0.05) is 34.3 Å². The molecule has 0 spiro atoms. The van der Waals surface area contributed by atoms with Crippen molar-refractivity contribution >= 4 is 47.6 Å². The Morgan fingerprint density at radius 2 is 2.15 bits per heavy atom. The van der Waals surface area contributed by atoms with Gasteiger partial charge in [0.15, 0.2) is 0 Å². The van der Waals surface area contributed by atoms with Gasteiger partial charge in [-0.15, -0.1) is 0 Å². The van der Waals surface area contributed by atoms with E-state index in [2.05, 4.69) is 37.2 Å². The molecule has 0 saturated carbocycles. The second kappa shape index (κ2) is 6.77. The van der Waals surface area contributed by atoms with Gasteiger partial charge in [-0.2, -0.15) is 0 Å². The maximum absolute atomic E-state index is 11.6. The number of piperidine rings is 1. The Morgan fingerprint density at radius 1 is 1.40 bits per heavy atom. The van der Waals surface area contributed by atoms with E-state index in [0.717, 1.165) is 34.0 Å². The summed E-state index contributed by atoms with van der Waals surface area (Å²) in [5.41, 5.74) is 1.03. The Kier molecular flexibility index (Phi) is 5.50. The van der Waals surface area contributed by atoms with Crippen LogP contribution in [0.25, 0.3) is 0 Å². The van der Waals surface area contributed by atoms with Crippen LogP contribution in [-0.4, -0.2) is 38.6 Å². The van der Waals surface area contributed by atoms with Crippen LogP contribution in [0.2, 0.25) is 0 Å². The van der Waals surface area contributed by atoms with Crippen LogP contribution in [-0.2, 0) is 10.0 Å². The molecule has 1 N–H and O–H groups in total. The highest BCUT2D eigenvalue weighted by atomic mass is 79.9. The van der Waals surface area contributed by atoms with Crippen molar-refractivity contribution in [2.75, 3.05) is 31.2 Å². The van der Waals surface area contributed by atoms with Crippen LogP contribution >= 0.6 is 31.9 Å². The molecule has 1 saturated heterocycles. The van der Waals surface area contributed by atoms with Gasteiger partial charge in [0.1, 0.15) is 0 Å². The number of hydrogen-bond acceptors (Lipinski definition) is 3. The lowest BCUT2D eigenvalue weighted by atomic mass is 9.99. The molecule has 0 aromatic heterocycles. The normalized spacial score (nSPS) is 20.9. The molecule has 4 nitrogen and oxygen atoms in total. The Hall–Kier alpha value is -0.110. The molecule has 112 valence electrons. The highest BCUT2D eigenvalue weighted by Crippen LogP contribution is 2.27. The van der Waals surface area contributed by atoms with E-state index in [-0.39, 0.29) is 0 Å². The van der Waals surface area contributed by atoms with Gasteiger partial charge in [-0.3, -0.25) is 0 Å². The van der Waals surface area contributed by atoms with Crippen molar-refractivity contribution in [3.05, 3.63) is 27.1 Å². The summed E-state index contributed by atoms with van der Waals surface area (Å²) in [4.78, 5) is 0. The van der Waals surface area contributed by atoms with Crippen molar-refractivity contribution in [1.82, 2.24) is 4.31 Å². The van der Waals surface area contributed by atoms with Gasteiger partial charge in [-0.25, -0.2) is 12.7 Å². The molecule has 1 aromatic carbocycles. The minimum atomic E-state index is -3.07. The van der Waals surface area contributed by atoms with Crippen molar-refractivity contribution in [1.29, 1.82) is 0 Å². The van der Waals surface area contributed by atoms with Crippen LogP contribution in [0.5, 0.6) is 0 Å². The fourth-order valence-corrected chi connectivity index (χ4v) is 4.51. The molecule has 1 heterocycles. The predicted octanol–water partition coefficient (Wildman–Crippen LogP) is 3.30. The molecule has 7 heteroatoms. The third-order valence-corrected chi connectivity index (χ3v) is 5.88. The quantitative estimate of drug-likeness (QED) is 0.804. The average molecular weight is 426 g/mol. The molecule has 1 aliphatic heterocycles. The van der Waals surface area contributed by atoms with Crippen molar-refractivity contribution in [2.45, 2.75) is 12.8 Å². The van der Waals surface area contributed by atoms with Gasteiger partial charge in [0.25, 0.3) is 0 Å². The van der Waals surface area contributed by atoms with Crippen LogP contribution in [0.15, 0.2) is 27.1 Å². The molecule has 1 atom stereocenters. The smallest absolute Gasteiger partial charge is 0.211 e. The van der Waals surface area contributed by atoms with Crippen molar-refractivity contribution < 1.29 is 8.42 Å². The molecule has 0 amide bonds. The second-order valence-electron chi connectivity index (χ2n) is 5.13. The van der Waals surface area contributed by atoms with Gasteiger partial charge in [0.2, 0.25) is 10.0 Å². The van der Waals surface area contributed by atoms with Gasteiger partial charge in [-0.05, 0) is 52.9 Å². The lowest BCUT2D eigenvalue weighted by Crippen LogP contribution is -2.41. The maximum atomic E-state index is 11.6. The van der Waals surface area contributed by atoms with E-state index in [1.54, 1.807) is 4.31 Å². The minimum Gasteiger partial charge on any atom is -0.384 e. The Bertz CT molecular complexity index is 578. The number of nitrogens with one attached hydrogen (secondary N) is 1. The Labute approximate surface area is 137 Å². The summed E-state index contributed by atoms with van der Waals surface area (Å²) in [6.45, 7) is 2.05. The first-order valence-electron chi connectivity index (χ1n) is 6.50. The number of rotatable bonds is 4. The van der Waals surface area contributed by atoms with E-state index < -0.39 is 10.0 Å². The topological polar surface area (TPSA) is 49.4 Å². The Balaban J connectivity index is 1.94. The predicted molar refractivity (Wildman–Crippen MR) is 89.5 cm³/mol. The first-order chi connectivity index (χ1) is 9.36. The molecule has 1 fully saturated rings. The van der Waals surface area contributed by atoms with Crippen LogP contribution in [0.1, 0.15) is 12.8 Å². The molecule has 0 bridgehead atoms. The van der Waals surface area contributed by atoms with E-state index in [4.69, 9.17) is 0 Å². The van der Waals surface area contributed by atoms with E-state index in [1.165, 1.54) is 6.26 Å². The second-order valence-corrected chi connectivity index (χ2v) is 8.89. The van der Waals surface area contributed by atoms with Crippen LogP contribution in [0.4, 0.5) is 5.69 Å². The van der Waals surface area contributed by atoms with E-state index in [1.807, 2.05) is 18.2 Å². The molecule has 1 unspecified atom stereocenters. The highest BCUT2D eigenvalue weighted by Gasteiger charge is 2.25. The number of halogens is 2. The fraction of sp³-hybridized carbons (Fsp3) is 0.538. The first-order valence-corrected chi connectivity index (χ1v) is 9.94. The zero-order chi connectivity index (χ0) is 14.8. The highest BCUT2D eigenvalue weighted by molar-refractivity contribution is 9.11. The number of anilines is 1. The SMILES string of the molecule is CS(=O)(=O)N1CCCC(CNc2ccc(Br)cc2Br)C1. The fourth-order valence-electron chi connectivity index (χ4n) is 2.38. The van der Waals surface area contributed by atoms with E-state index in [0.29, 0.717) is 19.0 Å². The number of sulfonamides is 1. The molecular formula is C13H18Br2N2O2S. The average Bonchev–Trinajstić information content (AvgIpc) is 2.37. The monoisotopic (exact) mass is 424 g/mol. The molecular weight excluding hydrogens is 408 g/mol. The summed E-state index contributed by atoms with van der Waals surface area (Å²) < 4.78 is 26.8. The minimum absolute atomic E-state index is 0.356. The van der Waals surface area contributed by atoms with Gasteiger partial charge < -0.3 is 5.32 Å². The van der Waals surface area contributed by atoms with Gasteiger partial charge >= 0.3 is 0 Å². The summed E-state index contributed by atoms with van der Waals surface area (Å²) in [5, 5.41) is 3.39. The van der Waals surface area contributed by atoms with Gasteiger partial charge in [-0.1, -0.05) is 15.9 Å². The molecule has 20 heavy (non-hydrogen) atoms. The zero-order valence-corrected chi connectivity index (χ0v) is 15.3. The van der Waals surface area contributed by atoms with Crippen molar-refractivity contribution in [3.63, 3.8) is 0 Å². The molecule has 1 aromatic rings. The van der Waals surface area contributed by atoms with Gasteiger partial charge in [0.05, 0.1) is 6.26 Å². The lowest BCUT2D eigenvalue weighted by Gasteiger charge is -2.31. The number of nitrogens with zero attached hydrogens (tertiary/aromatic N) is 1. The number of benzene rings is 1. The van der Waals surface area contributed by atoms with Crippen molar-refractivity contribution in [2.24, 2.45) is 5.92 Å². The van der Waals surface area contributed by atoms with E-state index >= 15 is 0 Å². The van der Waals surface area contributed by atoms with Crippen LogP contribution in [0.3, 0.4) is 0 Å². The Morgan fingerprint density at radius 3 is 2.80 bits per heavy atom. The van der Waals surface area contributed by atoms with Crippen molar-refractivity contribution in [3.8, 4) is 0 Å². The summed E-state index contributed by atoms with van der Waals surface area (Å²) in [6.07, 6.45) is 3.28. The molecule has 1 aliphatic rings. The summed E-state index contributed by atoms with van der Waals surface area (Å²) in [6, 6.07) is 5.98. The van der Waals surface area contributed by atoms with E-state index in [9.17, 15) is 8.42 Å². The first kappa shape index (κ1) is 16.3. The largest absolute Gasteiger partial charge is 0.384 e. The number of hydrogen-bond donors (Lipinski definition) is 1. The molecule has 0 radical (unpaired) electrons. The molecule has 2 rings (SSSR count). The zero-order valence-electron chi connectivity index (χ0n) is 11.3. The lowest BCUT2D eigenvalue weighted by molar-refractivity contribution is 0.277.